The highest BCUT2D eigenvalue weighted by Gasteiger charge is 2.34. The Balaban J connectivity index is 1.80. The second-order valence-corrected chi connectivity index (χ2v) is 7.59. The number of fused-ring (bicyclic) bond motifs is 1. The quantitative estimate of drug-likeness (QED) is 0.568. The molecule has 3 aromatic carbocycles. The Morgan fingerprint density at radius 1 is 1.03 bits per heavy atom. The maximum atomic E-state index is 14.1. The van der Waals surface area contributed by atoms with Gasteiger partial charge in [0, 0.05) is 11.6 Å². The lowest BCUT2D eigenvalue weighted by molar-refractivity contribution is 0.193. The normalized spacial score (nSPS) is 15.2. The second-order valence-electron chi connectivity index (χ2n) is 7.18. The first-order valence-electron chi connectivity index (χ1n) is 9.85. The third-order valence-electron chi connectivity index (χ3n) is 5.45. The summed E-state index contributed by atoms with van der Waals surface area (Å²) in [6.07, 6.45) is 0.612. The van der Waals surface area contributed by atoms with Crippen LogP contribution in [0.1, 0.15) is 22.7 Å². The van der Waals surface area contributed by atoms with Crippen molar-refractivity contribution in [2.24, 2.45) is 0 Å². The first kappa shape index (κ1) is 21.0. The van der Waals surface area contributed by atoms with E-state index in [1.807, 2.05) is 30.3 Å². The number of amides is 2. The predicted molar refractivity (Wildman–Crippen MR) is 119 cm³/mol. The van der Waals surface area contributed by atoms with Crippen LogP contribution in [0.3, 0.4) is 0 Å². The minimum absolute atomic E-state index is 0.128. The molecule has 0 fully saturated rings. The van der Waals surface area contributed by atoms with Crippen LogP contribution in [-0.2, 0) is 6.42 Å². The van der Waals surface area contributed by atoms with Gasteiger partial charge in [0.2, 0.25) is 0 Å². The molecule has 1 N–H and O–H groups in total. The average molecular weight is 441 g/mol. The maximum Gasteiger partial charge on any atom is 0.322 e. The molecular formula is C24H22ClFN2O3. The largest absolute Gasteiger partial charge is 0.493 e. The average Bonchev–Trinajstić information content (AvgIpc) is 2.79. The van der Waals surface area contributed by atoms with Crippen molar-refractivity contribution in [3.63, 3.8) is 0 Å². The molecule has 0 radical (unpaired) electrons. The van der Waals surface area contributed by atoms with Crippen LogP contribution < -0.4 is 14.8 Å². The summed E-state index contributed by atoms with van der Waals surface area (Å²) in [7, 11) is 3.16. The number of urea groups is 1. The molecule has 1 aliphatic heterocycles. The highest BCUT2D eigenvalue weighted by Crippen LogP contribution is 2.42. The number of hydrogen-bond donors (Lipinski definition) is 1. The molecule has 160 valence electrons. The van der Waals surface area contributed by atoms with Gasteiger partial charge in [0.25, 0.3) is 0 Å². The molecule has 4 rings (SSSR count). The Morgan fingerprint density at radius 3 is 2.42 bits per heavy atom. The zero-order chi connectivity index (χ0) is 22.0. The molecule has 1 atom stereocenters. The van der Waals surface area contributed by atoms with Gasteiger partial charge >= 0.3 is 6.03 Å². The Morgan fingerprint density at radius 2 is 1.71 bits per heavy atom. The molecule has 0 unspecified atom stereocenters. The first-order chi connectivity index (χ1) is 15.0. The third kappa shape index (κ3) is 4.03. The molecule has 31 heavy (non-hydrogen) atoms. The van der Waals surface area contributed by atoms with E-state index in [2.05, 4.69) is 5.32 Å². The van der Waals surface area contributed by atoms with Gasteiger partial charge in [0.15, 0.2) is 11.5 Å². The fourth-order valence-corrected chi connectivity index (χ4v) is 4.19. The number of rotatable bonds is 4. The maximum absolute atomic E-state index is 14.1. The van der Waals surface area contributed by atoms with Crippen molar-refractivity contribution in [1.29, 1.82) is 0 Å². The molecule has 0 aromatic heterocycles. The van der Waals surface area contributed by atoms with Crippen LogP contribution in [0.25, 0.3) is 0 Å². The van der Waals surface area contributed by atoms with Crippen LogP contribution in [0.4, 0.5) is 14.9 Å². The van der Waals surface area contributed by atoms with Gasteiger partial charge in [-0.2, -0.15) is 0 Å². The summed E-state index contributed by atoms with van der Waals surface area (Å²) < 4.78 is 25.1. The lowest BCUT2D eigenvalue weighted by Crippen LogP contribution is -2.43. The molecule has 0 aliphatic carbocycles. The SMILES string of the molecule is COc1cc2c(cc1OC)[C@@H](c1ccccc1Cl)N(C(=O)Nc1ccccc1F)CC2. The van der Waals surface area contributed by atoms with Crippen LogP contribution in [-0.4, -0.2) is 31.7 Å². The van der Waals surface area contributed by atoms with Gasteiger partial charge in [-0.25, -0.2) is 9.18 Å². The third-order valence-corrected chi connectivity index (χ3v) is 5.79. The number of nitrogens with one attached hydrogen (secondary N) is 1. The summed E-state index contributed by atoms with van der Waals surface area (Å²) in [5.74, 6) is 0.701. The fourth-order valence-electron chi connectivity index (χ4n) is 3.95. The lowest BCUT2D eigenvalue weighted by Gasteiger charge is -2.38. The Bertz CT molecular complexity index is 1120. The topological polar surface area (TPSA) is 50.8 Å². The zero-order valence-corrected chi connectivity index (χ0v) is 17.9. The summed E-state index contributed by atoms with van der Waals surface area (Å²) >= 11 is 6.54. The molecule has 1 aliphatic rings. The number of nitrogens with zero attached hydrogens (tertiary/aromatic N) is 1. The molecule has 7 heteroatoms. The van der Waals surface area contributed by atoms with Gasteiger partial charge in [-0.05, 0) is 53.4 Å². The number of methoxy groups -OCH3 is 2. The monoisotopic (exact) mass is 440 g/mol. The predicted octanol–water partition coefficient (Wildman–Crippen LogP) is 5.68. The number of halogens is 2. The van der Waals surface area contributed by atoms with Crippen LogP contribution in [0.2, 0.25) is 5.02 Å². The van der Waals surface area contributed by atoms with Crippen LogP contribution in [0, 0.1) is 5.82 Å². The lowest BCUT2D eigenvalue weighted by atomic mass is 9.87. The fraction of sp³-hybridized carbons (Fsp3) is 0.208. The number of benzene rings is 3. The van der Waals surface area contributed by atoms with E-state index in [0.717, 1.165) is 16.7 Å². The van der Waals surface area contributed by atoms with Gasteiger partial charge in [0.1, 0.15) is 5.82 Å². The van der Waals surface area contributed by atoms with E-state index in [9.17, 15) is 9.18 Å². The minimum Gasteiger partial charge on any atom is -0.493 e. The Hall–Kier alpha value is -3.25. The number of carbonyl (C=O) groups excluding carboxylic acids is 1. The summed E-state index contributed by atoms with van der Waals surface area (Å²) in [6.45, 7) is 0.429. The molecule has 1 heterocycles. The van der Waals surface area contributed by atoms with Crippen LogP contribution in [0.15, 0.2) is 60.7 Å². The summed E-state index contributed by atoms with van der Waals surface area (Å²) in [4.78, 5) is 14.9. The van der Waals surface area contributed by atoms with Crippen molar-refractivity contribution in [2.75, 3.05) is 26.1 Å². The van der Waals surface area contributed by atoms with Gasteiger partial charge < -0.3 is 19.7 Å². The van der Waals surface area contributed by atoms with Crippen molar-refractivity contribution in [3.05, 3.63) is 88.2 Å². The molecule has 0 spiro atoms. The summed E-state index contributed by atoms with van der Waals surface area (Å²) in [5.41, 5.74) is 2.84. The first-order valence-corrected chi connectivity index (χ1v) is 10.2. The van der Waals surface area contributed by atoms with Crippen LogP contribution >= 0.6 is 11.6 Å². The van der Waals surface area contributed by atoms with E-state index in [0.29, 0.717) is 29.5 Å². The van der Waals surface area contributed by atoms with Crippen molar-refractivity contribution < 1.29 is 18.7 Å². The van der Waals surface area contributed by atoms with Crippen LogP contribution in [0.5, 0.6) is 11.5 Å². The van der Waals surface area contributed by atoms with E-state index >= 15 is 0 Å². The van der Waals surface area contributed by atoms with Crippen molar-refractivity contribution in [1.82, 2.24) is 4.90 Å². The minimum atomic E-state index is -0.492. The summed E-state index contributed by atoms with van der Waals surface area (Å²) in [6, 6.07) is 16.4. The van der Waals surface area contributed by atoms with E-state index in [1.165, 1.54) is 12.1 Å². The highest BCUT2D eigenvalue weighted by atomic mass is 35.5. The van der Waals surface area contributed by atoms with Gasteiger partial charge in [-0.15, -0.1) is 0 Å². The zero-order valence-electron chi connectivity index (χ0n) is 17.2. The van der Waals surface area contributed by atoms with E-state index in [4.69, 9.17) is 21.1 Å². The number of para-hydroxylation sites is 1. The van der Waals surface area contributed by atoms with E-state index in [-0.39, 0.29) is 5.69 Å². The van der Waals surface area contributed by atoms with Crippen molar-refractivity contribution in [3.8, 4) is 11.5 Å². The van der Waals surface area contributed by atoms with E-state index < -0.39 is 17.9 Å². The number of anilines is 1. The summed E-state index contributed by atoms with van der Waals surface area (Å²) in [5, 5.41) is 3.23. The molecular weight excluding hydrogens is 419 g/mol. The number of carbonyl (C=O) groups is 1. The van der Waals surface area contributed by atoms with Crippen molar-refractivity contribution >= 4 is 23.3 Å². The Labute approximate surface area is 185 Å². The molecule has 2 amide bonds. The smallest absolute Gasteiger partial charge is 0.322 e. The molecule has 3 aromatic rings. The molecule has 0 saturated carbocycles. The van der Waals surface area contributed by atoms with Gasteiger partial charge in [0.05, 0.1) is 25.9 Å². The van der Waals surface area contributed by atoms with Crippen molar-refractivity contribution in [2.45, 2.75) is 12.5 Å². The molecule has 0 saturated heterocycles. The number of ether oxygens (including phenoxy) is 2. The van der Waals surface area contributed by atoms with E-state index in [1.54, 1.807) is 37.3 Å². The molecule has 0 bridgehead atoms. The highest BCUT2D eigenvalue weighted by molar-refractivity contribution is 6.31. The number of hydrogen-bond acceptors (Lipinski definition) is 3. The van der Waals surface area contributed by atoms with Gasteiger partial charge in [-0.1, -0.05) is 41.9 Å². The standard InChI is InChI=1S/C24H22ClFN2O3/c1-30-21-13-15-11-12-28(24(29)27-20-10-6-5-9-19(20)26)23(17(15)14-22(21)31-2)16-7-3-4-8-18(16)25/h3-10,13-14,23H,11-12H2,1-2H3,(H,27,29)/t23-/m1/s1. The molecule has 5 nitrogen and oxygen atoms in total. The Kier molecular flexibility index (Phi) is 6.00. The van der Waals surface area contributed by atoms with Gasteiger partial charge in [-0.3, -0.25) is 0 Å². The second kappa shape index (κ2) is 8.86.